The van der Waals surface area contributed by atoms with Crippen molar-refractivity contribution in [2.45, 2.75) is 19.9 Å². The Labute approximate surface area is 118 Å². The molecule has 0 bridgehead atoms. The van der Waals surface area contributed by atoms with Gasteiger partial charge in [-0.25, -0.2) is 0 Å². The zero-order chi connectivity index (χ0) is 13.3. The summed E-state index contributed by atoms with van der Waals surface area (Å²) in [5.74, 6) is 0. The first-order chi connectivity index (χ1) is 8.50. The van der Waals surface area contributed by atoms with E-state index in [4.69, 9.17) is 28.9 Å². The van der Waals surface area contributed by atoms with Crippen molar-refractivity contribution in [3.63, 3.8) is 0 Å². The van der Waals surface area contributed by atoms with Gasteiger partial charge in [0, 0.05) is 0 Å². The maximum Gasteiger partial charge on any atom is 0.0595 e. The first-order valence-corrected chi connectivity index (χ1v) is 6.53. The third kappa shape index (κ3) is 2.54. The molecule has 0 heterocycles. The molecular formula is C15H15Cl2N. The molecule has 0 amide bonds. The molecule has 0 fully saturated rings. The lowest BCUT2D eigenvalue weighted by Crippen LogP contribution is -2.13. The van der Waals surface area contributed by atoms with Crippen LogP contribution in [0.3, 0.4) is 0 Å². The first-order valence-electron chi connectivity index (χ1n) is 5.77. The van der Waals surface area contributed by atoms with Crippen LogP contribution in [0.1, 0.15) is 28.3 Å². The molecule has 0 spiro atoms. The molecule has 2 N–H and O–H groups in total. The molecule has 3 heteroatoms. The second kappa shape index (κ2) is 5.31. The lowest BCUT2D eigenvalue weighted by Gasteiger charge is -2.17. The summed E-state index contributed by atoms with van der Waals surface area (Å²) in [6, 6.07) is 11.5. The molecule has 18 heavy (non-hydrogen) atoms. The molecule has 2 rings (SSSR count). The summed E-state index contributed by atoms with van der Waals surface area (Å²) in [5.41, 5.74) is 10.9. The fraction of sp³-hybridized carbons (Fsp3) is 0.200. The lowest BCUT2D eigenvalue weighted by molar-refractivity contribution is 0.859. The zero-order valence-corrected chi connectivity index (χ0v) is 11.9. The van der Waals surface area contributed by atoms with E-state index in [0.29, 0.717) is 10.0 Å². The second-order valence-corrected chi connectivity index (χ2v) is 5.25. The van der Waals surface area contributed by atoms with Gasteiger partial charge in [0.1, 0.15) is 0 Å². The normalized spacial score (nSPS) is 12.5. The van der Waals surface area contributed by atoms with E-state index in [1.807, 2.05) is 18.2 Å². The van der Waals surface area contributed by atoms with Gasteiger partial charge in [-0.3, -0.25) is 0 Å². The van der Waals surface area contributed by atoms with Crippen molar-refractivity contribution in [1.29, 1.82) is 0 Å². The van der Waals surface area contributed by atoms with E-state index in [0.717, 1.165) is 11.1 Å². The number of aryl methyl sites for hydroxylation is 1. The van der Waals surface area contributed by atoms with Crippen LogP contribution in [0.4, 0.5) is 0 Å². The third-order valence-corrected chi connectivity index (χ3v) is 4.02. The molecule has 0 aliphatic carbocycles. The van der Waals surface area contributed by atoms with Crippen molar-refractivity contribution in [3.05, 3.63) is 68.7 Å². The summed E-state index contributed by atoms with van der Waals surface area (Å²) >= 11 is 11.9. The van der Waals surface area contributed by atoms with E-state index < -0.39 is 0 Å². The quantitative estimate of drug-likeness (QED) is 0.850. The van der Waals surface area contributed by atoms with E-state index in [1.165, 1.54) is 11.1 Å². The maximum atomic E-state index is 6.30. The highest BCUT2D eigenvalue weighted by molar-refractivity contribution is 6.42. The number of benzene rings is 2. The van der Waals surface area contributed by atoms with Gasteiger partial charge in [-0.15, -0.1) is 0 Å². The number of rotatable bonds is 2. The topological polar surface area (TPSA) is 26.0 Å². The molecule has 0 aliphatic heterocycles. The second-order valence-electron chi connectivity index (χ2n) is 4.44. The van der Waals surface area contributed by atoms with Gasteiger partial charge in [-0.1, -0.05) is 47.5 Å². The molecule has 0 radical (unpaired) electrons. The van der Waals surface area contributed by atoms with Crippen LogP contribution in [-0.4, -0.2) is 0 Å². The summed E-state index contributed by atoms with van der Waals surface area (Å²) in [7, 11) is 0. The van der Waals surface area contributed by atoms with Gasteiger partial charge in [-0.2, -0.15) is 0 Å². The van der Waals surface area contributed by atoms with Crippen molar-refractivity contribution in [1.82, 2.24) is 0 Å². The first kappa shape index (κ1) is 13.4. The summed E-state index contributed by atoms with van der Waals surface area (Å²) in [5, 5.41) is 1.09. The number of hydrogen-bond acceptors (Lipinski definition) is 1. The molecule has 1 unspecified atom stereocenters. The van der Waals surface area contributed by atoms with Gasteiger partial charge in [0.05, 0.1) is 16.1 Å². The van der Waals surface area contributed by atoms with Crippen LogP contribution in [0.2, 0.25) is 10.0 Å². The van der Waals surface area contributed by atoms with Crippen molar-refractivity contribution in [2.75, 3.05) is 0 Å². The Morgan fingerprint density at radius 1 is 1.00 bits per heavy atom. The van der Waals surface area contributed by atoms with Crippen LogP contribution in [0, 0.1) is 13.8 Å². The van der Waals surface area contributed by atoms with Gasteiger partial charge in [0.15, 0.2) is 0 Å². The van der Waals surface area contributed by atoms with Gasteiger partial charge in [-0.05, 0) is 48.2 Å². The average molecular weight is 280 g/mol. The Kier molecular flexibility index (Phi) is 3.96. The highest BCUT2D eigenvalue weighted by Gasteiger charge is 2.13. The Hall–Kier alpha value is -1.02. The van der Waals surface area contributed by atoms with Crippen LogP contribution < -0.4 is 5.73 Å². The van der Waals surface area contributed by atoms with Crippen LogP contribution in [0.25, 0.3) is 0 Å². The highest BCUT2D eigenvalue weighted by atomic mass is 35.5. The molecule has 1 nitrogen and oxygen atoms in total. The predicted molar refractivity (Wildman–Crippen MR) is 78.4 cm³/mol. The zero-order valence-electron chi connectivity index (χ0n) is 10.4. The minimum Gasteiger partial charge on any atom is -0.320 e. The molecule has 0 aromatic heterocycles. The van der Waals surface area contributed by atoms with Crippen molar-refractivity contribution >= 4 is 23.2 Å². The van der Waals surface area contributed by atoms with Crippen LogP contribution in [-0.2, 0) is 0 Å². The summed E-state index contributed by atoms with van der Waals surface area (Å²) in [6.45, 7) is 4.17. The minimum absolute atomic E-state index is 0.181. The van der Waals surface area contributed by atoms with E-state index in [9.17, 15) is 0 Å². The van der Waals surface area contributed by atoms with Gasteiger partial charge >= 0.3 is 0 Å². The minimum atomic E-state index is -0.181. The number of halogens is 2. The summed E-state index contributed by atoms with van der Waals surface area (Å²) < 4.78 is 0. The predicted octanol–water partition coefficient (Wildman–Crippen LogP) is 4.66. The SMILES string of the molecule is Cc1cccc(C(N)c2ccc(Cl)c(Cl)c2)c1C. The monoisotopic (exact) mass is 279 g/mol. The molecule has 2 aromatic carbocycles. The number of hydrogen-bond donors (Lipinski definition) is 1. The third-order valence-electron chi connectivity index (χ3n) is 3.28. The molecule has 2 aromatic rings. The summed E-state index contributed by atoms with van der Waals surface area (Å²) in [6.07, 6.45) is 0. The highest BCUT2D eigenvalue weighted by Crippen LogP contribution is 2.29. The van der Waals surface area contributed by atoms with Crippen LogP contribution >= 0.6 is 23.2 Å². The molecule has 94 valence electrons. The molecule has 0 saturated heterocycles. The van der Waals surface area contributed by atoms with Crippen LogP contribution in [0.5, 0.6) is 0 Å². The van der Waals surface area contributed by atoms with Crippen molar-refractivity contribution in [3.8, 4) is 0 Å². The largest absolute Gasteiger partial charge is 0.320 e. The van der Waals surface area contributed by atoms with Gasteiger partial charge < -0.3 is 5.73 Å². The summed E-state index contributed by atoms with van der Waals surface area (Å²) in [4.78, 5) is 0. The Bertz CT molecular complexity index is 579. The Balaban J connectivity index is 2.44. The van der Waals surface area contributed by atoms with Gasteiger partial charge in [0.2, 0.25) is 0 Å². The Morgan fingerprint density at radius 3 is 2.39 bits per heavy atom. The fourth-order valence-corrected chi connectivity index (χ4v) is 2.30. The van der Waals surface area contributed by atoms with E-state index >= 15 is 0 Å². The van der Waals surface area contributed by atoms with Gasteiger partial charge in [0.25, 0.3) is 0 Å². The van der Waals surface area contributed by atoms with Crippen molar-refractivity contribution < 1.29 is 0 Å². The Morgan fingerprint density at radius 2 is 1.72 bits per heavy atom. The van der Waals surface area contributed by atoms with E-state index in [1.54, 1.807) is 6.07 Å². The molecule has 1 atom stereocenters. The van der Waals surface area contributed by atoms with E-state index in [-0.39, 0.29) is 6.04 Å². The molecule has 0 saturated carbocycles. The fourth-order valence-electron chi connectivity index (χ4n) is 2.00. The van der Waals surface area contributed by atoms with Crippen molar-refractivity contribution in [2.24, 2.45) is 5.73 Å². The van der Waals surface area contributed by atoms with Crippen LogP contribution in [0.15, 0.2) is 36.4 Å². The smallest absolute Gasteiger partial charge is 0.0595 e. The molecular weight excluding hydrogens is 265 g/mol. The lowest BCUT2D eigenvalue weighted by atomic mass is 9.93. The van der Waals surface area contributed by atoms with E-state index in [2.05, 4.69) is 26.0 Å². The average Bonchev–Trinajstić information content (AvgIpc) is 2.35. The standard InChI is InChI=1S/C15H15Cl2N/c1-9-4-3-5-12(10(9)2)15(18)11-6-7-13(16)14(17)8-11/h3-8,15H,18H2,1-2H3. The molecule has 0 aliphatic rings. The maximum absolute atomic E-state index is 6.30. The number of nitrogens with two attached hydrogens (primary N) is 1.